The molecule has 0 aliphatic heterocycles. The number of amides is 1. The lowest BCUT2D eigenvalue weighted by molar-refractivity contribution is -0.119. The predicted octanol–water partition coefficient (Wildman–Crippen LogP) is 3.16. The molecule has 9 heteroatoms. The Bertz CT molecular complexity index is 1340. The van der Waals surface area contributed by atoms with Crippen LogP contribution >= 0.6 is 11.3 Å². The van der Waals surface area contributed by atoms with Crippen LogP contribution in [-0.2, 0) is 16.6 Å². The van der Waals surface area contributed by atoms with Crippen LogP contribution in [0.5, 0.6) is 0 Å². The summed E-state index contributed by atoms with van der Waals surface area (Å²) in [5, 5.41) is 7.36. The molecule has 0 aliphatic rings. The number of aromatic nitrogens is 3. The monoisotopic (exact) mass is 434 g/mol. The Hall–Kier alpha value is -3.85. The van der Waals surface area contributed by atoms with Crippen LogP contribution in [0.4, 0.5) is 5.69 Å². The zero-order chi connectivity index (χ0) is 22.0. The van der Waals surface area contributed by atoms with Crippen molar-refractivity contribution in [3.8, 4) is 10.6 Å². The van der Waals surface area contributed by atoms with E-state index < -0.39 is 18.5 Å². The lowest BCUT2D eigenvalue weighted by Gasteiger charge is -2.07. The summed E-state index contributed by atoms with van der Waals surface area (Å²) in [5.74, 6) is -1.27. The van der Waals surface area contributed by atoms with Crippen LogP contribution in [0.1, 0.15) is 16.1 Å². The van der Waals surface area contributed by atoms with E-state index in [2.05, 4.69) is 21.5 Å². The molecule has 0 spiro atoms. The maximum atomic E-state index is 12.1. The van der Waals surface area contributed by atoms with Gasteiger partial charge in [-0.3, -0.25) is 9.59 Å². The summed E-state index contributed by atoms with van der Waals surface area (Å²) in [4.78, 5) is 40.0. The third-order valence-electron chi connectivity index (χ3n) is 4.46. The fourth-order valence-electron chi connectivity index (χ4n) is 2.86. The van der Waals surface area contributed by atoms with Crippen LogP contribution in [0.2, 0.25) is 0 Å². The van der Waals surface area contributed by atoms with Crippen LogP contribution in [-0.4, -0.2) is 33.2 Å². The van der Waals surface area contributed by atoms with E-state index in [1.165, 1.54) is 24.7 Å². The van der Waals surface area contributed by atoms with Gasteiger partial charge in [-0.25, -0.2) is 14.5 Å². The third-order valence-corrected chi connectivity index (χ3v) is 5.53. The van der Waals surface area contributed by atoms with Crippen LogP contribution in [0.15, 0.2) is 59.4 Å². The topological polar surface area (TPSA) is 103 Å². The van der Waals surface area contributed by atoms with Gasteiger partial charge in [0, 0.05) is 24.4 Å². The highest BCUT2D eigenvalue weighted by Crippen LogP contribution is 2.31. The average Bonchev–Trinajstić information content (AvgIpc) is 3.17. The molecule has 156 valence electrons. The first-order valence-electron chi connectivity index (χ1n) is 9.38. The van der Waals surface area contributed by atoms with Crippen molar-refractivity contribution in [3.63, 3.8) is 0 Å². The van der Waals surface area contributed by atoms with Gasteiger partial charge in [0.2, 0.25) is 0 Å². The summed E-state index contributed by atoms with van der Waals surface area (Å²) in [7, 11) is 1.42. The molecular weight excluding hydrogens is 416 g/mol. The van der Waals surface area contributed by atoms with Gasteiger partial charge in [-0.15, -0.1) is 11.3 Å². The largest absolute Gasteiger partial charge is 0.451 e. The van der Waals surface area contributed by atoms with Gasteiger partial charge in [-0.2, -0.15) is 5.10 Å². The van der Waals surface area contributed by atoms with E-state index in [4.69, 9.17) is 4.74 Å². The molecule has 0 unspecified atom stereocenters. The van der Waals surface area contributed by atoms with Crippen molar-refractivity contribution in [2.24, 2.45) is 7.05 Å². The molecule has 0 fully saturated rings. The molecule has 0 aliphatic carbocycles. The van der Waals surface area contributed by atoms with E-state index in [1.807, 2.05) is 31.2 Å². The van der Waals surface area contributed by atoms with E-state index in [9.17, 15) is 14.4 Å². The molecule has 0 saturated heterocycles. The summed E-state index contributed by atoms with van der Waals surface area (Å²) in [5.41, 5.74) is 3.27. The Balaban J connectivity index is 1.36. The summed E-state index contributed by atoms with van der Waals surface area (Å²) >= 11 is 1.61. The quantitative estimate of drug-likeness (QED) is 0.484. The number of hydrogen-bond acceptors (Lipinski definition) is 7. The van der Waals surface area contributed by atoms with Crippen LogP contribution in [0.3, 0.4) is 0 Å². The van der Waals surface area contributed by atoms with Crippen molar-refractivity contribution < 1.29 is 14.3 Å². The minimum atomic E-state index is -0.785. The van der Waals surface area contributed by atoms with Crippen LogP contribution in [0.25, 0.3) is 20.8 Å². The second-order valence-electron chi connectivity index (χ2n) is 6.87. The molecule has 0 bridgehead atoms. The van der Waals surface area contributed by atoms with Gasteiger partial charge < -0.3 is 10.1 Å². The third kappa shape index (κ3) is 4.67. The van der Waals surface area contributed by atoms with E-state index >= 15 is 0 Å². The van der Waals surface area contributed by atoms with Crippen LogP contribution in [0, 0.1) is 6.92 Å². The number of esters is 1. The summed E-state index contributed by atoms with van der Waals surface area (Å²) in [6.07, 6.45) is 0. The van der Waals surface area contributed by atoms with Gasteiger partial charge in [-0.1, -0.05) is 6.07 Å². The number of thiazole rings is 1. The van der Waals surface area contributed by atoms with E-state index in [0.717, 1.165) is 25.5 Å². The smallest absolute Gasteiger partial charge is 0.359 e. The fraction of sp³-hybridized carbons (Fsp3) is 0.136. The molecule has 31 heavy (non-hydrogen) atoms. The van der Waals surface area contributed by atoms with Crippen molar-refractivity contribution in [3.05, 3.63) is 76.2 Å². The number of carbonyl (C=O) groups excluding carboxylic acids is 2. The van der Waals surface area contributed by atoms with Crippen molar-refractivity contribution in [2.75, 3.05) is 11.9 Å². The van der Waals surface area contributed by atoms with Crippen molar-refractivity contribution in [1.82, 2.24) is 14.8 Å². The first kappa shape index (κ1) is 20.4. The molecule has 8 nitrogen and oxygen atoms in total. The summed E-state index contributed by atoms with van der Waals surface area (Å²) < 4.78 is 7.10. The molecule has 4 aromatic rings. The number of aryl methyl sites for hydroxylation is 2. The highest BCUT2D eigenvalue weighted by atomic mass is 32.1. The molecule has 2 aromatic heterocycles. The number of hydrogen-bond donors (Lipinski definition) is 1. The average molecular weight is 434 g/mol. The van der Waals surface area contributed by atoms with E-state index in [1.54, 1.807) is 23.5 Å². The highest BCUT2D eigenvalue weighted by Gasteiger charge is 2.13. The van der Waals surface area contributed by atoms with Gasteiger partial charge >= 0.3 is 5.97 Å². The minimum absolute atomic E-state index is 0.0507. The van der Waals surface area contributed by atoms with E-state index in [0.29, 0.717) is 5.69 Å². The first-order valence-corrected chi connectivity index (χ1v) is 10.2. The number of fused-ring (bicyclic) bond motifs is 1. The fourth-order valence-corrected chi connectivity index (χ4v) is 3.93. The van der Waals surface area contributed by atoms with Crippen molar-refractivity contribution in [1.29, 1.82) is 0 Å². The lowest BCUT2D eigenvalue weighted by Crippen LogP contribution is -2.24. The normalized spacial score (nSPS) is 10.8. The Labute approximate surface area is 181 Å². The SMILES string of the molecule is Cc1ccc2nc(-c3ccc(NC(=O)COC(=O)c4ccc(=O)n(C)n4)cc3)sc2c1. The van der Waals surface area contributed by atoms with Crippen molar-refractivity contribution in [2.45, 2.75) is 6.92 Å². The molecule has 2 aromatic carbocycles. The first-order chi connectivity index (χ1) is 14.9. The molecule has 0 radical (unpaired) electrons. The zero-order valence-corrected chi connectivity index (χ0v) is 17.6. The number of rotatable bonds is 5. The molecule has 0 atom stereocenters. The number of carbonyl (C=O) groups is 2. The van der Waals surface area contributed by atoms with Gasteiger partial charge in [-0.05, 0) is 55.0 Å². The molecule has 2 heterocycles. The number of nitrogens with one attached hydrogen (secondary N) is 1. The molecular formula is C22H18N4O4S. The number of ether oxygens (including phenoxy) is 1. The number of anilines is 1. The standard InChI is InChI=1S/C22H18N4O4S/c1-13-3-8-16-18(11-13)31-21(24-16)14-4-6-15(7-5-14)23-19(27)12-30-22(29)17-9-10-20(28)26(2)25-17/h3-11H,12H2,1-2H3,(H,23,27). The van der Waals surface area contributed by atoms with Crippen LogP contribution < -0.4 is 10.9 Å². The Morgan fingerprint density at radius 2 is 1.87 bits per heavy atom. The molecule has 1 N–H and O–H groups in total. The number of nitrogens with zero attached hydrogens (tertiary/aromatic N) is 3. The molecule has 0 saturated carbocycles. The minimum Gasteiger partial charge on any atom is -0.451 e. The van der Waals surface area contributed by atoms with Gasteiger partial charge in [0.1, 0.15) is 5.01 Å². The summed E-state index contributed by atoms with van der Waals surface area (Å²) in [6.45, 7) is 1.58. The predicted molar refractivity (Wildman–Crippen MR) is 118 cm³/mol. The van der Waals surface area contributed by atoms with Gasteiger partial charge in [0.25, 0.3) is 11.5 Å². The Morgan fingerprint density at radius 1 is 1.10 bits per heavy atom. The second kappa shape index (κ2) is 8.49. The van der Waals surface area contributed by atoms with E-state index in [-0.39, 0.29) is 11.3 Å². The summed E-state index contributed by atoms with van der Waals surface area (Å²) in [6, 6.07) is 15.9. The highest BCUT2D eigenvalue weighted by molar-refractivity contribution is 7.21. The van der Waals surface area contributed by atoms with Crippen molar-refractivity contribution >= 4 is 39.1 Å². The lowest BCUT2D eigenvalue weighted by atomic mass is 10.2. The van der Waals surface area contributed by atoms with Gasteiger partial charge in [0.15, 0.2) is 12.3 Å². The Morgan fingerprint density at radius 3 is 2.61 bits per heavy atom. The number of benzene rings is 2. The Kier molecular flexibility index (Phi) is 5.59. The maximum Gasteiger partial charge on any atom is 0.359 e. The van der Waals surface area contributed by atoms with Gasteiger partial charge in [0.05, 0.1) is 10.2 Å². The zero-order valence-electron chi connectivity index (χ0n) is 16.8. The second-order valence-corrected chi connectivity index (χ2v) is 7.90. The molecule has 1 amide bonds. The molecule has 4 rings (SSSR count). The maximum absolute atomic E-state index is 12.1.